The minimum atomic E-state index is -5.24. The molecule has 0 saturated carbocycles. The van der Waals surface area contributed by atoms with E-state index in [2.05, 4.69) is 27.6 Å². The van der Waals surface area contributed by atoms with Crippen LogP contribution in [0.2, 0.25) is 0 Å². The van der Waals surface area contributed by atoms with Gasteiger partial charge in [0.25, 0.3) is 0 Å². The van der Waals surface area contributed by atoms with Crippen LogP contribution >= 0.6 is 0 Å². The van der Waals surface area contributed by atoms with Crippen molar-refractivity contribution < 1.29 is 26.0 Å². The molecule has 1 amide bonds. The van der Waals surface area contributed by atoms with Crippen molar-refractivity contribution in [2.45, 2.75) is 26.3 Å². The molecule has 4 rings (SSSR count). The van der Waals surface area contributed by atoms with Gasteiger partial charge in [-0.2, -0.15) is 8.42 Å². The average molecular weight is 480 g/mol. The minimum absolute atomic E-state index is 0.0137. The third-order valence-corrected chi connectivity index (χ3v) is 6.36. The summed E-state index contributed by atoms with van der Waals surface area (Å²) in [5.74, 6) is 2.14. The number of terminal acetylenes is 1. The van der Waals surface area contributed by atoms with E-state index in [9.17, 15) is 17.1 Å². The van der Waals surface area contributed by atoms with Crippen LogP contribution in [0.25, 0.3) is 11.1 Å². The molecule has 0 bridgehead atoms. The van der Waals surface area contributed by atoms with E-state index in [1.807, 2.05) is 36.4 Å². The first-order valence-corrected chi connectivity index (χ1v) is 11.8. The average Bonchev–Trinajstić information content (AvgIpc) is 3.13. The Balaban J connectivity index is 1.47. The zero-order valence-electron chi connectivity index (χ0n) is 18.6. The molecular weight excluding hydrogens is 457 g/mol. The Morgan fingerprint density at radius 3 is 2.21 bits per heavy atom. The van der Waals surface area contributed by atoms with Gasteiger partial charge < -0.3 is 14.2 Å². The summed E-state index contributed by atoms with van der Waals surface area (Å²) in [4.78, 5) is 12.5. The molecule has 0 fully saturated rings. The zero-order valence-corrected chi connectivity index (χ0v) is 19.4. The van der Waals surface area contributed by atoms with Crippen LogP contribution in [0.5, 0.6) is 5.75 Å². The first-order valence-electron chi connectivity index (χ1n) is 10.5. The lowest BCUT2D eigenvalue weighted by molar-refractivity contribution is 0.142. The predicted octanol–water partition coefficient (Wildman–Crippen LogP) is 4.92. The van der Waals surface area contributed by atoms with Crippen LogP contribution in [0.3, 0.4) is 0 Å². The Morgan fingerprint density at radius 2 is 1.65 bits per heavy atom. The molecule has 1 N–H and O–H groups in total. The van der Waals surface area contributed by atoms with Crippen molar-refractivity contribution in [1.82, 2.24) is 5.32 Å². The van der Waals surface area contributed by atoms with Gasteiger partial charge in [-0.25, -0.2) is 4.79 Å². The highest BCUT2D eigenvalue weighted by atomic mass is 32.3. The predicted molar refractivity (Wildman–Crippen MR) is 126 cm³/mol. The Bertz CT molecular complexity index is 1380. The normalized spacial score (nSPS) is 12.4. The van der Waals surface area contributed by atoms with Gasteiger partial charge in [0.05, 0.1) is 0 Å². The molecule has 0 aliphatic heterocycles. The van der Waals surface area contributed by atoms with E-state index in [0.29, 0.717) is 22.3 Å². The number of alkyl carbamates (subject to hydrolysis) is 1. The molecule has 1 aliphatic carbocycles. The summed E-state index contributed by atoms with van der Waals surface area (Å²) in [5, 5.41) is 2.64. The van der Waals surface area contributed by atoms with E-state index in [4.69, 9.17) is 11.2 Å². The second kappa shape index (κ2) is 9.20. The Labute approximate surface area is 198 Å². The van der Waals surface area contributed by atoms with Crippen LogP contribution in [-0.4, -0.2) is 21.1 Å². The molecule has 1 aliphatic rings. The van der Waals surface area contributed by atoms with Crippen molar-refractivity contribution in [2.75, 3.05) is 6.61 Å². The highest BCUT2D eigenvalue weighted by Gasteiger charge is 2.29. The third-order valence-electron chi connectivity index (χ3n) is 5.99. The number of nitrogens with one attached hydrogen (secondary N) is 1. The monoisotopic (exact) mass is 479 g/mol. The fraction of sp³-hybridized carbons (Fsp3) is 0.192. The van der Waals surface area contributed by atoms with E-state index in [-0.39, 0.29) is 24.8 Å². The SMILES string of the molecule is C#Cc1cc(CNC(=O)OCC2c3ccccc3-c3ccccc32)c(C)c(OS(=O)(=O)F)c1C. The number of hydrogen-bond donors (Lipinski definition) is 1. The van der Waals surface area contributed by atoms with Gasteiger partial charge in [-0.15, -0.1) is 6.42 Å². The standard InChI is InChI=1S/C26H22FNO5S/c1-4-18-13-19(17(3)25(16(18)2)33-34(27,30)31)14-28-26(29)32-15-24-22-11-7-5-9-20(22)21-10-6-8-12-23(21)24/h1,5-13,24H,14-15H2,2-3H3,(H,28,29). The number of carbonyl (C=O) groups is 1. The maximum Gasteiger partial charge on any atom is 0.488 e. The second-order valence-corrected chi connectivity index (χ2v) is 8.92. The molecule has 34 heavy (non-hydrogen) atoms. The van der Waals surface area contributed by atoms with Gasteiger partial charge in [0.1, 0.15) is 6.61 Å². The molecule has 0 radical (unpaired) electrons. The lowest BCUT2D eigenvalue weighted by Crippen LogP contribution is -2.26. The molecule has 0 spiro atoms. The Morgan fingerprint density at radius 1 is 1.06 bits per heavy atom. The summed E-state index contributed by atoms with van der Waals surface area (Å²) in [6.45, 7) is 3.23. The topological polar surface area (TPSA) is 81.7 Å². The Kier molecular flexibility index (Phi) is 6.31. The van der Waals surface area contributed by atoms with Crippen LogP contribution in [-0.2, 0) is 21.8 Å². The van der Waals surface area contributed by atoms with Gasteiger partial charge in [-0.1, -0.05) is 58.3 Å². The van der Waals surface area contributed by atoms with Crippen LogP contribution in [0.1, 0.15) is 39.3 Å². The number of rotatable bonds is 6. The highest BCUT2D eigenvalue weighted by Crippen LogP contribution is 2.44. The quantitative estimate of drug-likeness (QED) is 0.401. The summed E-state index contributed by atoms with van der Waals surface area (Å²) in [6, 6.07) is 17.6. The number of amides is 1. The van der Waals surface area contributed by atoms with Crippen molar-refractivity contribution >= 4 is 16.6 Å². The van der Waals surface area contributed by atoms with Crippen LogP contribution < -0.4 is 9.50 Å². The molecule has 8 heteroatoms. The van der Waals surface area contributed by atoms with E-state index in [0.717, 1.165) is 22.3 Å². The first kappa shape index (κ1) is 23.3. The van der Waals surface area contributed by atoms with Crippen molar-refractivity contribution in [3.05, 3.63) is 88.0 Å². The third kappa shape index (κ3) is 4.61. The zero-order chi connectivity index (χ0) is 24.5. The number of fused-ring (bicyclic) bond motifs is 3. The maximum atomic E-state index is 13.2. The number of ether oxygens (including phenoxy) is 1. The first-order chi connectivity index (χ1) is 16.2. The molecule has 3 aromatic rings. The van der Waals surface area contributed by atoms with Gasteiger partial charge >= 0.3 is 16.6 Å². The van der Waals surface area contributed by atoms with Gasteiger partial charge in [0, 0.05) is 23.6 Å². The molecule has 3 aromatic carbocycles. The molecule has 0 aromatic heterocycles. The summed E-state index contributed by atoms with van der Waals surface area (Å²) < 4.78 is 45.3. The van der Waals surface area contributed by atoms with Crippen molar-refractivity contribution in [1.29, 1.82) is 0 Å². The van der Waals surface area contributed by atoms with Gasteiger partial charge in [0.15, 0.2) is 5.75 Å². The number of benzene rings is 3. The van der Waals surface area contributed by atoms with Crippen molar-refractivity contribution in [3.8, 4) is 29.2 Å². The summed E-state index contributed by atoms with van der Waals surface area (Å²) in [7, 11) is -5.24. The molecule has 0 atom stereocenters. The summed E-state index contributed by atoms with van der Waals surface area (Å²) >= 11 is 0. The number of carbonyl (C=O) groups excluding carboxylic acids is 1. The molecule has 174 valence electrons. The molecule has 6 nitrogen and oxygen atoms in total. The van der Waals surface area contributed by atoms with Crippen LogP contribution in [0, 0.1) is 26.2 Å². The van der Waals surface area contributed by atoms with Gasteiger partial charge in [-0.05, 0) is 53.3 Å². The van der Waals surface area contributed by atoms with E-state index in [1.165, 1.54) is 6.92 Å². The summed E-state index contributed by atoms with van der Waals surface area (Å²) in [6.07, 6.45) is 4.84. The minimum Gasteiger partial charge on any atom is -0.449 e. The van der Waals surface area contributed by atoms with E-state index >= 15 is 0 Å². The highest BCUT2D eigenvalue weighted by molar-refractivity contribution is 7.81. The molecule has 0 saturated heterocycles. The largest absolute Gasteiger partial charge is 0.488 e. The van der Waals surface area contributed by atoms with Crippen molar-refractivity contribution in [2.24, 2.45) is 0 Å². The lowest BCUT2D eigenvalue weighted by atomic mass is 9.98. The van der Waals surface area contributed by atoms with Crippen molar-refractivity contribution in [3.63, 3.8) is 0 Å². The molecular formula is C26H22FNO5S. The maximum absolute atomic E-state index is 13.2. The fourth-order valence-corrected chi connectivity index (χ4v) is 4.76. The van der Waals surface area contributed by atoms with Crippen LogP contribution in [0.15, 0.2) is 54.6 Å². The van der Waals surface area contributed by atoms with Crippen LogP contribution in [0.4, 0.5) is 8.68 Å². The van der Waals surface area contributed by atoms with E-state index < -0.39 is 16.6 Å². The number of hydrogen-bond acceptors (Lipinski definition) is 5. The van der Waals surface area contributed by atoms with Gasteiger partial charge in [0.2, 0.25) is 0 Å². The molecule has 0 heterocycles. The Hall–Kier alpha value is -3.83. The smallest absolute Gasteiger partial charge is 0.449 e. The fourth-order valence-electron chi connectivity index (χ4n) is 4.32. The number of halogens is 1. The second-order valence-electron chi connectivity index (χ2n) is 7.96. The lowest BCUT2D eigenvalue weighted by Gasteiger charge is -2.17. The summed E-state index contributed by atoms with van der Waals surface area (Å²) in [5.41, 5.74) is 5.90. The molecule has 0 unspecified atom stereocenters. The van der Waals surface area contributed by atoms with E-state index in [1.54, 1.807) is 13.0 Å². The van der Waals surface area contributed by atoms with Gasteiger partial charge in [-0.3, -0.25) is 0 Å².